The Morgan fingerprint density at radius 2 is 1.79 bits per heavy atom. The number of rotatable bonds is 5. The lowest BCUT2D eigenvalue weighted by atomic mass is 9.93. The van der Waals surface area contributed by atoms with Crippen molar-refractivity contribution in [3.05, 3.63) is 54.6 Å². The van der Waals surface area contributed by atoms with Crippen LogP contribution in [0.25, 0.3) is 10.8 Å². The quantitative estimate of drug-likeness (QED) is 0.748. The zero-order valence-electron chi connectivity index (χ0n) is 16.3. The normalized spacial score (nSPS) is 26.9. The first-order valence-electron chi connectivity index (χ1n) is 10.5. The van der Waals surface area contributed by atoms with Gasteiger partial charge in [0.2, 0.25) is 0 Å². The largest absolute Gasteiger partial charge is 0.484 e. The Bertz CT molecular complexity index is 885. The first-order valence-corrected chi connectivity index (χ1v) is 10.5. The summed E-state index contributed by atoms with van der Waals surface area (Å²) in [6.45, 7) is 4.92. The number of hydrogen-bond acceptors (Lipinski definition) is 3. The lowest BCUT2D eigenvalue weighted by Gasteiger charge is -2.36. The molecule has 2 aromatic carbocycles. The minimum Gasteiger partial charge on any atom is -0.484 e. The Kier molecular flexibility index (Phi) is 4.81. The van der Waals surface area contributed by atoms with Gasteiger partial charge in [-0.25, -0.2) is 0 Å². The average molecular weight is 377 g/mol. The van der Waals surface area contributed by atoms with E-state index in [0.29, 0.717) is 0 Å². The van der Waals surface area contributed by atoms with Crippen molar-refractivity contribution in [2.75, 3.05) is 39.3 Å². The van der Waals surface area contributed by atoms with Crippen LogP contribution in [0.15, 0.2) is 54.6 Å². The van der Waals surface area contributed by atoms with Crippen LogP contribution in [-0.2, 0) is 4.79 Å². The van der Waals surface area contributed by atoms with Gasteiger partial charge in [0.05, 0.1) is 0 Å². The highest BCUT2D eigenvalue weighted by Gasteiger charge is 2.36. The fourth-order valence-corrected chi connectivity index (χ4v) is 5.11. The zero-order valence-corrected chi connectivity index (χ0v) is 16.3. The molecule has 1 aliphatic heterocycles. The van der Waals surface area contributed by atoms with Crippen LogP contribution in [0.1, 0.15) is 12.8 Å². The van der Waals surface area contributed by atoms with E-state index in [1.807, 2.05) is 35.2 Å². The lowest BCUT2D eigenvalue weighted by Crippen LogP contribution is -2.51. The Hall–Kier alpha value is -2.33. The summed E-state index contributed by atoms with van der Waals surface area (Å²) in [5.41, 5.74) is 0. The summed E-state index contributed by atoms with van der Waals surface area (Å²) in [6.07, 6.45) is 7.57. The molecule has 4 heteroatoms. The van der Waals surface area contributed by atoms with E-state index in [9.17, 15) is 4.79 Å². The van der Waals surface area contributed by atoms with Crippen molar-refractivity contribution in [3.8, 4) is 5.75 Å². The highest BCUT2D eigenvalue weighted by Crippen LogP contribution is 2.43. The predicted molar refractivity (Wildman–Crippen MR) is 111 cm³/mol. The van der Waals surface area contributed by atoms with E-state index in [1.54, 1.807) is 0 Å². The molecule has 0 aromatic heterocycles. The molecule has 2 aliphatic carbocycles. The van der Waals surface area contributed by atoms with Crippen molar-refractivity contribution in [1.82, 2.24) is 9.80 Å². The molecule has 4 nitrogen and oxygen atoms in total. The van der Waals surface area contributed by atoms with Gasteiger partial charge in [-0.2, -0.15) is 0 Å². The van der Waals surface area contributed by atoms with Crippen molar-refractivity contribution < 1.29 is 9.53 Å². The molecular weight excluding hydrogens is 348 g/mol. The summed E-state index contributed by atoms with van der Waals surface area (Å²) in [4.78, 5) is 17.1. The molecule has 2 fully saturated rings. The molecule has 1 heterocycles. The molecule has 1 amide bonds. The average Bonchev–Trinajstić information content (AvgIpc) is 3.36. The molecule has 3 atom stereocenters. The number of allylic oxidation sites excluding steroid dienone is 2. The van der Waals surface area contributed by atoms with Gasteiger partial charge < -0.3 is 9.64 Å². The molecule has 3 aliphatic rings. The number of carbonyl (C=O) groups is 1. The van der Waals surface area contributed by atoms with Crippen LogP contribution in [0.5, 0.6) is 5.75 Å². The molecule has 1 saturated carbocycles. The Balaban J connectivity index is 1.09. The second kappa shape index (κ2) is 7.59. The van der Waals surface area contributed by atoms with Crippen LogP contribution < -0.4 is 4.74 Å². The van der Waals surface area contributed by atoms with E-state index in [1.165, 1.54) is 24.8 Å². The number of hydrogen-bond donors (Lipinski definition) is 0. The van der Waals surface area contributed by atoms with Gasteiger partial charge in [-0.05, 0) is 53.5 Å². The topological polar surface area (TPSA) is 32.8 Å². The van der Waals surface area contributed by atoms with Crippen molar-refractivity contribution >= 4 is 16.7 Å². The van der Waals surface area contributed by atoms with Crippen LogP contribution in [0.2, 0.25) is 0 Å². The van der Waals surface area contributed by atoms with E-state index in [4.69, 9.17) is 4.74 Å². The van der Waals surface area contributed by atoms with Gasteiger partial charge in [-0.15, -0.1) is 0 Å². The Morgan fingerprint density at radius 1 is 0.964 bits per heavy atom. The van der Waals surface area contributed by atoms with Gasteiger partial charge in [-0.1, -0.05) is 42.5 Å². The molecule has 146 valence electrons. The van der Waals surface area contributed by atoms with Crippen molar-refractivity contribution in [3.63, 3.8) is 0 Å². The summed E-state index contributed by atoms with van der Waals surface area (Å²) in [6, 6.07) is 14.2. The molecule has 0 spiro atoms. The van der Waals surface area contributed by atoms with Crippen LogP contribution in [-0.4, -0.2) is 55.0 Å². The van der Waals surface area contributed by atoms with E-state index in [0.717, 1.165) is 55.1 Å². The molecule has 5 rings (SSSR count). The van der Waals surface area contributed by atoms with Gasteiger partial charge >= 0.3 is 0 Å². The van der Waals surface area contributed by atoms with Crippen LogP contribution in [0.3, 0.4) is 0 Å². The first-order chi connectivity index (χ1) is 13.7. The minimum absolute atomic E-state index is 0.0932. The van der Waals surface area contributed by atoms with Gasteiger partial charge in [0.1, 0.15) is 5.75 Å². The van der Waals surface area contributed by atoms with E-state index in [2.05, 4.69) is 29.2 Å². The van der Waals surface area contributed by atoms with Crippen LogP contribution in [0.4, 0.5) is 0 Å². The molecule has 2 bridgehead atoms. The van der Waals surface area contributed by atoms with Gasteiger partial charge in [0, 0.05) is 32.7 Å². The number of benzene rings is 2. The van der Waals surface area contributed by atoms with Crippen LogP contribution in [0, 0.1) is 17.8 Å². The van der Waals surface area contributed by atoms with Crippen molar-refractivity contribution in [1.29, 1.82) is 0 Å². The summed E-state index contributed by atoms with van der Waals surface area (Å²) >= 11 is 0. The lowest BCUT2D eigenvalue weighted by molar-refractivity contribution is -0.135. The summed E-state index contributed by atoms with van der Waals surface area (Å²) in [5.74, 6) is 3.32. The number of amides is 1. The second-order valence-corrected chi connectivity index (χ2v) is 8.52. The Labute approximate surface area is 166 Å². The highest BCUT2D eigenvalue weighted by molar-refractivity contribution is 5.84. The molecule has 0 N–H and O–H groups in total. The summed E-state index contributed by atoms with van der Waals surface area (Å²) in [7, 11) is 0. The number of ether oxygens (including phenoxy) is 1. The molecule has 28 heavy (non-hydrogen) atoms. The third kappa shape index (κ3) is 3.66. The fourth-order valence-electron chi connectivity index (χ4n) is 5.11. The second-order valence-electron chi connectivity index (χ2n) is 8.52. The molecule has 1 saturated heterocycles. The van der Waals surface area contributed by atoms with Crippen LogP contribution >= 0.6 is 0 Å². The SMILES string of the molecule is O=C(COc1ccc2ccccc2c1)N1CCN(C[C@H]2C[C@H]3C=C[C@@H]2C3)CC1. The van der Waals surface area contributed by atoms with E-state index < -0.39 is 0 Å². The molecular formula is C24H28N2O2. The van der Waals surface area contributed by atoms with Gasteiger partial charge in [0.15, 0.2) is 6.61 Å². The maximum Gasteiger partial charge on any atom is 0.260 e. The zero-order chi connectivity index (χ0) is 18.9. The third-order valence-electron chi connectivity index (χ3n) is 6.72. The van der Waals surface area contributed by atoms with Gasteiger partial charge in [-0.3, -0.25) is 9.69 Å². The summed E-state index contributed by atoms with van der Waals surface area (Å²) in [5, 5.41) is 2.32. The molecule has 0 unspecified atom stereocenters. The number of nitrogens with zero attached hydrogens (tertiary/aromatic N) is 2. The monoisotopic (exact) mass is 376 g/mol. The molecule has 0 radical (unpaired) electrons. The predicted octanol–water partition coefficient (Wildman–Crippen LogP) is 3.58. The van der Waals surface area contributed by atoms with Gasteiger partial charge in [0.25, 0.3) is 5.91 Å². The van der Waals surface area contributed by atoms with E-state index in [-0.39, 0.29) is 12.5 Å². The highest BCUT2D eigenvalue weighted by atomic mass is 16.5. The number of fused-ring (bicyclic) bond motifs is 3. The Morgan fingerprint density at radius 3 is 2.54 bits per heavy atom. The van der Waals surface area contributed by atoms with Crippen molar-refractivity contribution in [2.24, 2.45) is 17.8 Å². The number of piperazine rings is 1. The maximum atomic E-state index is 12.6. The standard InChI is InChI=1S/C24H28N2O2/c27-24(17-28-23-8-7-19-3-1-2-4-20(19)15-23)26-11-9-25(10-12-26)16-22-14-18-5-6-21(22)13-18/h1-8,15,18,21-22H,9-14,16-17H2/t18-,21+,22+/m0/s1. The van der Waals surface area contributed by atoms with E-state index >= 15 is 0 Å². The number of carbonyl (C=O) groups excluding carboxylic acids is 1. The fraction of sp³-hybridized carbons (Fsp3) is 0.458. The van der Waals surface area contributed by atoms with Crippen molar-refractivity contribution in [2.45, 2.75) is 12.8 Å². The summed E-state index contributed by atoms with van der Waals surface area (Å²) < 4.78 is 5.78. The maximum absolute atomic E-state index is 12.6. The smallest absolute Gasteiger partial charge is 0.260 e. The first kappa shape index (κ1) is 17.7. The third-order valence-corrected chi connectivity index (χ3v) is 6.72. The minimum atomic E-state index is 0.0932. The molecule has 2 aromatic rings.